The van der Waals surface area contributed by atoms with Gasteiger partial charge in [0, 0.05) is 19.1 Å². The van der Waals surface area contributed by atoms with Crippen molar-refractivity contribution < 1.29 is 4.74 Å². The molecule has 2 aliphatic rings. The van der Waals surface area contributed by atoms with E-state index in [1.165, 1.54) is 38.5 Å². The van der Waals surface area contributed by atoms with Crippen LogP contribution in [-0.4, -0.2) is 26.3 Å². The molecule has 2 nitrogen and oxygen atoms in total. The van der Waals surface area contributed by atoms with E-state index in [0.717, 1.165) is 32.2 Å². The van der Waals surface area contributed by atoms with Crippen LogP contribution >= 0.6 is 0 Å². The minimum atomic E-state index is 0.686. The van der Waals surface area contributed by atoms with Crippen molar-refractivity contribution in [2.45, 2.75) is 45.4 Å². The fraction of sp³-hybridized carbons (Fsp3) is 0.867. The fourth-order valence-corrected chi connectivity index (χ4v) is 3.07. The molecule has 17 heavy (non-hydrogen) atoms. The summed E-state index contributed by atoms with van der Waals surface area (Å²) < 4.78 is 5.48. The second kappa shape index (κ2) is 7.17. The van der Waals surface area contributed by atoms with Gasteiger partial charge in [0.25, 0.3) is 0 Å². The monoisotopic (exact) mass is 237 g/mol. The van der Waals surface area contributed by atoms with Crippen molar-refractivity contribution in [2.24, 2.45) is 11.8 Å². The zero-order chi connectivity index (χ0) is 11.9. The van der Waals surface area contributed by atoms with Crippen molar-refractivity contribution in [2.75, 3.05) is 26.3 Å². The standard InChI is InChI=1S/C15H27NO/c1-2-16-11-15(10-13-8-9-17-12-13)14-6-4-3-5-7-14/h10,13-14,16H,2-9,11-12H2,1H3. The first-order valence-corrected chi connectivity index (χ1v) is 7.39. The Kier molecular flexibility index (Phi) is 5.53. The molecule has 98 valence electrons. The number of nitrogens with one attached hydrogen (secondary N) is 1. The largest absolute Gasteiger partial charge is 0.381 e. The van der Waals surface area contributed by atoms with Gasteiger partial charge in [-0.3, -0.25) is 0 Å². The summed E-state index contributed by atoms with van der Waals surface area (Å²) in [4.78, 5) is 0. The van der Waals surface area contributed by atoms with Gasteiger partial charge in [-0.2, -0.15) is 0 Å². The molecule has 0 aromatic rings. The van der Waals surface area contributed by atoms with Crippen LogP contribution in [0.3, 0.4) is 0 Å². The molecule has 0 amide bonds. The van der Waals surface area contributed by atoms with Crippen molar-refractivity contribution in [1.82, 2.24) is 5.32 Å². The van der Waals surface area contributed by atoms with Gasteiger partial charge in [-0.15, -0.1) is 0 Å². The van der Waals surface area contributed by atoms with Gasteiger partial charge in [0.2, 0.25) is 0 Å². The highest BCUT2D eigenvalue weighted by atomic mass is 16.5. The molecule has 1 aliphatic heterocycles. The minimum absolute atomic E-state index is 0.686. The number of ether oxygens (including phenoxy) is 1. The maximum Gasteiger partial charge on any atom is 0.0529 e. The van der Waals surface area contributed by atoms with Crippen LogP contribution in [0.2, 0.25) is 0 Å². The Hall–Kier alpha value is -0.340. The highest BCUT2D eigenvalue weighted by Crippen LogP contribution is 2.31. The fourth-order valence-electron chi connectivity index (χ4n) is 3.07. The Morgan fingerprint density at radius 1 is 1.24 bits per heavy atom. The predicted octanol–water partition coefficient (Wildman–Crippen LogP) is 3.14. The number of hydrogen-bond donors (Lipinski definition) is 1. The SMILES string of the molecule is CCNCC(=CC1CCOC1)C1CCCCC1. The summed E-state index contributed by atoms with van der Waals surface area (Å²) in [5.41, 5.74) is 1.67. The molecular formula is C15H27NO. The van der Waals surface area contributed by atoms with Gasteiger partial charge in [0.1, 0.15) is 0 Å². The number of hydrogen-bond acceptors (Lipinski definition) is 2. The van der Waals surface area contributed by atoms with Gasteiger partial charge >= 0.3 is 0 Å². The summed E-state index contributed by atoms with van der Waals surface area (Å²) in [7, 11) is 0. The summed E-state index contributed by atoms with van der Waals surface area (Å²) in [6.07, 6.45) is 10.9. The number of likely N-dealkylation sites (N-methyl/N-ethyl adjacent to an activating group) is 1. The van der Waals surface area contributed by atoms with E-state index in [9.17, 15) is 0 Å². The lowest BCUT2D eigenvalue weighted by Crippen LogP contribution is -2.23. The van der Waals surface area contributed by atoms with Gasteiger partial charge in [-0.1, -0.05) is 37.8 Å². The third-order valence-corrected chi connectivity index (χ3v) is 4.12. The van der Waals surface area contributed by atoms with Crippen LogP contribution in [0, 0.1) is 11.8 Å². The van der Waals surface area contributed by atoms with E-state index in [0.29, 0.717) is 5.92 Å². The second-order valence-corrected chi connectivity index (χ2v) is 5.48. The first-order valence-electron chi connectivity index (χ1n) is 7.39. The Balaban J connectivity index is 1.94. The summed E-state index contributed by atoms with van der Waals surface area (Å²) in [5.74, 6) is 1.54. The van der Waals surface area contributed by atoms with Crippen LogP contribution in [-0.2, 0) is 4.74 Å². The van der Waals surface area contributed by atoms with Gasteiger partial charge in [-0.25, -0.2) is 0 Å². The molecule has 1 unspecified atom stereocenters. The molecule has 0 aromatic heterocycles. The molecule has 0 spiro atoms. The first kappa shape index (κ1) is 13.1. The Labute approximate surface area is 106 Å². The van der Waals surface area contributed by atoms with Crippen molar-refractivity contribution in [1.29, 1.82) is 0 Å². The molecule has 1 saturated carbocycles. The van der Waals surface area contributed by atoms with E-state index in [4.69, 9.17) is 4.74 Å². The minimum Gasteiger partial charge on any atom is -0.381 e. The molecule has 1 aliphatic carbocycles. The van der Waals surface area contributed by atoms with Gasteiger partial charge in [0.05, 0.1) is 6.61 Å². The van der Waals surface area contributed by atoms with Gasteiger partial charge < -0.3 is 10.1 Å². The normalized spacial score (nSPS) is 27.6. The Morgan fingerprint density at radius 2 is 2.06 bits per heavy atom. The van der Waals surface area contributed by atoms with Crippen molar-refractivity contribution >= 4 is 0 Å². The van der Waals surface area contributed by atoms with Crippen molar-refractivity contribution in [3.05, 3.63) is 11.6 Å². The van der Waals surface area contributed by atoms with Crippen LogP contribution in [0.5, 0.6) is 0 Å². The topological polar surface area (TPSA) is 21.3 Å². The van der Waals surface area contributed by atoms with Crippen molar-refractivity contribution in [3.8, 4) is 0 Å². The summed E-state index contributed by atoms with van der Waals surface area (Å²) >= 11 is 0. The smallest absolute Gasteiger partial charge is 0.0529 e. The molecule has 0 bridgehead atoms. The van der Waals surface area contributed by atoms with E-state index in [1.807, 2.05) is 0 Å². The van der Waals surface area contributed by atoms with E-state index < -0.39 is 0 Å². The van der Waals surface area contributed by atoms with E-state index >= 15 is 0 Å². The highest BCUT2D eigenvalue weighted by molar-refractivity contribution is 5.12. The number of rotatable bonds is 5. The quantitative estimate of drug-likeness (QED) is 0.742. The molecule has 1 heterocycles. The molecule has 2 fully saturated rings. The molecule has 2 heteroatoms. The third-order valence-electron chi connectivity index (χ3n) is 4.12. The highest BCUT2D eigenvalue weighted by Gasteiger charge is 2.20. The second-order valence-electron chi connectivity index (χ2n) is 5.48. The molecule has 1 atom stereocenters. The molecule has 0 radical (unpaired) electrons. The van der Waals surface area contributed by atoms with Gasteiger partial charge in [0.15, 0.2) is 0 Å². The van der Waals surface area contributed by atoms with E-state index in [2.05, 4.69) is 18.3 Å². The average Bonchev–Trinajstić information content (AvgIpc) is 2.88. The maximum atomic E-state index is 5.48. The van der Waals surface area contributed by atoms with Crippen molar-refractivity contribution in [3.63, 3.8) is 0 Å². The zero-order valence-electron chi connectivity index (χ0n) is 11.2. The molecule has 1 saturated heterocycles. The molecule has 2 rings (SSSR count). The lowest BCUT2D eigenvalue weighted by atomic mass is 9.82. The lowest BCUT2D eigenvalue weighted by molar-refractivity contribution is 0.191. The molecule has 0 aromatic carbocycles. The summed E-state index contributed by atoms with van der Waals surface area (Å²) in [6.45, 7) is 6.27. The third kappa shape index (κ3) is 4.11. The maximum absolute atomic E-state index is 5.48. The van der Waals surface area contributed by atoms with Crippen LogP contribution in [0.15, 0.2) is 11.6 Å². The van der Waals surface area contributed by atoms with Gasteiger partial charge in [-0.05, 0) is 31.7 Å². The Morgan fingerprint density at radius 3 is 2.71 bits per heavy atom. The summed E-state index contributed by atoms with van der Waals surface area (Å²) in [6, 6.07) is 0. The summed E-state index contributed by atoms with van der Waals surface area (Å²) in [5, 5.41) is 3.51. The van der Waals surface area contributed by atoms with Crippen LogP contribution in [0.25, 0.3) is 0 Å². The first-order chi connectivity index (χ1) is 8.40. The predicted molar refractivity (Wildman–Crippen MR) is 72.1 cm³/mol. The zero-order valence-corrected chi connectivity index (χ0v) is 11.2. The average molecular weight is 237 g/mol. The molecule has 1 N–H and O–H groups in total. The van der Waals surface area contributed by atoms with Crippen LogP contribution in [0.4, 0.5) is 0 Å². The van der Waals surface area contributed by atoms with Crippen LogP contribution in [0.1, 0.15) is 45.4 Å². The lowest BCUT2D eigenvalue weighted by Gasteiger charge is -2.25. The van der Waals surface area contributed by atoms with Crippen LogP contribution < -0.4 is 5.32 Å². The Bertz CT molecular complexity index is 237. The molecular weight excluding hydrogens is 210 g/mol. The van der Waals surface area contributed by atoms with E-state index in [1.54, 1.807) is 5.57 Å². The van der Waals surface area contributed by atoms with E-state index in [-0.39, 0.29) is 0 Å².